The molecule has 2 fully saturated rings. The number of unbranched alkanes of at least 4 members (excludes halogenated alkanes) is 3. The summed E-state index contributed by atoms with van der Waals surface area (Å²) < 4.78 is 59.1. The van der Waals surface area contributed by atoms with Gasteiger partial charge in [0.15, 0.2) is 6.29 Å². The van der Waals surface area contributed by atoms with E-state index in [9.17, 15) is 4.79 Å². The zero-order valence-corrected chi connectivity index (χ0v) is 43.7. The Morgan fingerprint density at radius 2 is 1.58 bits per heavy atom. The SMILES string of the molecule is C=CC1OC2CO[C@@H](c3ccccc3)OC2/C=C\CC1C(C[C@H]1O[C@H]2CC=CCO[C@@H]2[C@@H](OCc2ccc3ccccc3c2)[C@@H]1O/C=C/[CH2][Sn]([CH2]CCC)([CH2]CCC)[CH2]CCC)OC(=O)CCl. The van der Waals surface area contributed by atoms with E-state index in [2.05, 4.69) is 88.0 Å². The number of hydrogen-bond donors (Lipinski definition) is 0. The summed E-state index contributed by atoms with van der Waals surface area (Å²) in [6.45, 7) is 12.3. The summed E-state index contributed by atoms with van der Waals surface area (Å²) in [5.74, 6) is -1.14. The number of carbonyl (C=O) groups excluding carboxylic acids is 1. The molecule has 0 amide bonds. The van der Waals surface area contributed by atoms with Crippen LogP contribution < -0.4 is 0 Å². The minimum absolute atomic E-state index is 0.289. The minimum atomic E-state index is -2.54. The second-order valence-electron chi connectivity index (χ2n) is 18.9. The van der Waals surface area contributed by atoms with Crippen molar-refractivity contribution < 1.29 is 42.7 Å². The summed E-state index contributed by atoms with van der Waals surface area (Å²) in [5.41, 5.74) is 2.01. The predicted octanol–water partition coefficient (Wildman–Crippen LogP) is 12.8. The first kappa shape index (κ1) is 51.8. The Kier molecular flexibility index (Phi) is 20.8. The van der Waals surface area contributed by atoms with Crippen molar-refractivity contribution >= 4 is 46.7 Å². The van der Waals surface area contributed by atoms with Gasteiger partial charge in [0.2, 0.25) is 0 Å². The molecule has 4 aliphatic heterocycles. The molecule has 11 heteroatoms. The predicted molar refractivity (Wildman–Crippen MR) is 270 cm³/mol. The van der Waals surface area contributed by atoms with E-state index >= 15 is 0 Å². The molecular weight excluding hydrogens is 971 g/mol. The molecule has 0 bridgehead atoms. The van der Waals surface area contributed by atoms with E-state index in [0.29, 0.717) is 39.1 Å². The van der Waals surface area contributed by atoms with Crippen LogP contribution >= 0.6 is 11.6 Å². The fraction of sp³-hybridized carbons (Fsp3) is 0.554. The quantitative estimate of drug-likeness (QED) is 0.0303. The van der Waals surface area contributed by atoms with Gasteiger partial charge in [0.1, 0.15) is 6.10 Å². The molecule has 3 aromatic rings. The van der Waals surface area contributed by atoms with E-state index in [1.54, 1.807) is 6.08 Å². The summed E-state index contributed by atoms with van der Waals surface area (Å²) in [7, 11) is 0. The van der Waals surface area contributed by atoms with Crippen LogP contribution in [-0.2, 0) is 49.3 Å². The summed E-state index contributed by atoms with van der Waals surface area (Å²) in [5, 5.41) is 2.34. The van der Waals surface area contributed by atoms with E-state index in [0.717, 1.165) is 20.9 Å². The summed E-state index contributed by atoms with van der Waals surface area (Å²) in [4.78, 5) is 13.3. The van der Waals surface area contributed by atoms with Gasteiger partial charge in [-0.1, -0.05) is 48.5 Å². The molecule has 364 valence electrons. The van der Waals surface area contributed by atoms with Crippen molar-refractivity contribution in [2.75, 3.05) is 19.1 Å². The molecule has 67 heavy (non-hydrogen) atoms. The second kappa shape index (κ2) is 26.8. The molecule has 0 spiro atoms. The molecule has 3 aromatic carbocycles. The number of carbonyl (C=O) groups is 1. The molecule has 0 radical (unpaired) electrons. The first-order valence-corrected chi connectivity index (χ1v) is 33.8. The van der Waals surface area contributed by atoms with Gasteiger partial charge in [-0.3, -0.25) is 0 Å². The first-order valence-electron chi connectivity index (χ1n) is 25.2. The topological polar surface area (TPSA) is 90.9 Å². The van der Waals surface area contributed by atoms with Crippen molar-refractivity contribution in [3.8, 4) is 0 Å². The zero-order chi connectivity index (χ0) is 46.9. The van der Waals surface area contributed by atoms with Crippen molar-refractivity contribution in [1.29, 1.82) is 0 Å². The van der Waals surface area contributed by atoms with Crippen LogP contribution in [0.25, 0.3) is 10.8 Å². The Balaban J connectivity index is 1.20. The number of halogens is 1. The third-order valence-corrected chi connectivity index (χ3v) is 29.6. The Morgan fingerprint density at radius 1 is 0.836 bits per heavy atom. The van der Waals surface area contributed by atoms with Gasteiger partial charge in [0.25, 0.3) is 0 Å². The third kappa shape index (κ3) is 14.3. The average molecular weight is 1050 g/mol. The van der Waals surface area contributed by atoms with E-state index in [1.165, 1.54) is 57.2 Å². The number of fused-ring (bicyclic) bond motifs is 3. The maximum absolute atomic E-state index is 13.3. The second-order valence-corrected chi connectivity index (χ2v) is 33.2. The normalized spacial score (nSPS) is 28.7. The summed E-state index contributed by atoms with van der Waals surface area (Å²) in [6, 6.07) is 24.8. The Labute approximate surface area is 409 Å². The van der Waals surface area contributed by atoms with Gasteiger partial charge in [-0.25, -0.2) is 0 Å². The molecular formula is C56H75ClO9Sn. The molecule has 5 unspecified atom stereocenters. The van der Waals surface area contributed by atoms with Crippen molar-refractivity contribution in [3.63, 3.8) is 0 Å². The van der Waals surface area contributed by atoms with Gasteiger partial charge in [0, 0.05) is 5.56 Å². The number of ether oxygens (including phenoxy) is 8. The van der Waals surface area contributed by atoms with Crippen molar-refractivity contribution in [2.45, 2.75) is 164 Å². The monoisotopic (exact) mass is 1050 g/mol. The fourth-order valence-electron chi connectivity index (χ4n) is 10.5. The molecule has 7 rings (SSSR count). The molecule has 2 saturated heterocycles. The van der Waals surface area contributed by atoms with Gasteiger partial charge in [-0.05, 0) is 0 Å². The van der Waals surface area contributed by atoms with E-state index in [1.807, 2.05) is 48.7 Å². The molecule has 0 N–H and O–H groups in total. The summed E-state index contributed by atoms with van der Waals surface area (Å²) >= 11 is 3.66. The molecule has 9 nitrogen and oxygen atoms in total. The third-order valence-electron chi connectivity index (χ3n) is 14.2. The van der Waals surface area contributed by atoms with Crippen LogP contribution in [0.15, 0.2) is 122 Å². The molecule has 4 aliphatic rings. The standard InChI is InChI=1S/C44H48ClO9.3C4H9.Sn/c1-3-22-47-42-38(52-36-18-10-11-23-48-41(36)43(42)49-27-29-20-21-30-13-8-9-16-32(30)24-29)25-37(53-40(46)26-45)33-17-12-19-35-39(51-34(33)4-2)28-50-44(54-35)31-14-6-5-7-15-31;3*1-3-4-2;/h3-16,19-22,24,33-39,41-44H,1-2,17-18,23,25-28H2;3*1,3-4H2,2H3;/b19-12-,22-3+;;;;/t33?,34?,35?,36-,37?,38+,39?,41-,42+,43+,44+;;;;/m0..../s1. The molecule has 0 aliphatic carbocycles. The maximum atomic E-state index is 13.3. The van der Waals surface area contributed by atoms with Crippen LogP contribution in [0.1, 0.15) is 96.0 Å². The molecule has 4 heterocycles. The van der Waals surface area contributed by atoms with Crippen LogP contribution in [0.2, 0.25) is 17.7 Å². The number of esters is 1. The van der Waals surface area contributed by atoms with Crippen molar-refractivity contribution in [3.05, 3.63) is 133 Å². The van der Waals surface area contributed by atoms with Crippen molar-refractivity contribution in [1.82, 2.24) is 0 Å². The van der Waals surface area contributed by atoms with Gasteiger partial charge in [0.05, 0.1) is 6.61 Å². The number of benzene rings is 3. The van der Waals surface area contributed by atoms with Crippen LogP contribution in [-0.4, -0.2) is 98.4 Å². The van der Waals surface area contributed by atoms with Crippen molar-refractivity contribution in [2.24, 2.45) is 5.92 Å². The molecule has 0 saturated carbocycles. The number of rotatable bonds is 23. The average Bonchev–Trinajstić information content (AvgIpc) is 3.60. The van der Waals surface area contributed by atoms with Gasteiger partial charge >= 0.3 is 329 Å². The Bertz CT molecular complexity index is 2040. The molecule has 0 aromatic heterocycles. The van der Waals surface area contributed by atoms with Crippen LogP contribution in [0.5, 0.6) is 0 Å². The number of alkyl halides is 1. The zero-order valence-electron chi connectivity index (χ0n) is 40.1. The van der Waals surface area contributed by atoms with Crippen LogP contribution in [0.4, 0.5) is 0 Å². The summed E-state index contributed by atoms with van der Waals surface area (Å²) in [6.07, 6.45) is 18.7. The first-order chi connectivity index (χ1) is 32.9. The van der Waals surface area contributed by atoms with Gasteiger partial charge in [-0.2, -0.15) is 0 Å². The van der Waals surface area contributed by atoms with Gasteiger partial charge < -0.3 is 9.47 Å². The molecule has 11 atom stereocenters. The van der Waals surface area contributed by atoms with Gasteiger partial charge in [-0.15, -0.1) is 0 Å². The Hall–Kier alpha value is -3.00. The fourth-order valence-corrected chi connectivity index (χ4v) is 25.6. The van der Waals surface area contributed by atoms with Crippen LogP contribution in [0, 0.1) is 5.92 Å². The van der Waals surface area contributed by atoms with E-state index < -0.39 is 73.4 Å². The van der Waals surface area contributed by atoms with Crippen LogP contribution in [0.3, 0.4) is 0 Å². The number of allylic oxidation sites excluding steroid dienone is 2. The van der Waals surface area contributed by atoms with E-state index in [-0.39, 0.29) is 24.0 Å². The van der Waals surface area contributed by atoms with E-state index in [4.69, 9.17) is 49.5 Å². The number of hydrogen-bond acceptors (Lipinski definition) is 9. The Morgan fingerprint density at radius 3 is 2.31 bits per heavy atom.